The van der Waals surface area contributed by atoms with E-state index in [0.717, 1.165) is 0 Å². The molecule has 0 saturated heterocycles. The first kappa shape index (κ1) is 22.0. The van der Waals surface area contributed by atoms with Crippen LogP contribution in [0.1, 0.15) is 60.8 Å². The highest BCUT2D eigenvalue weighted by atomic mass is 16.6. The molecule has 24 heavy (non-hydrogen) atoms. The largest absolute Gasteiger partial charge is 0.444 e. The van der Waals surface area contributed by atoms with Gasteiger partial charge in [-0.1, -0.05) is 0 Å². The number of ether oxygens (including phenoxy) is 2. The van der Waals surface area contributed by atoms with E-state index in [9.17, 15) is 14.4 Å². The van der Waals surface area contributed by atoms with E-state index in [1.165, 1.54) is 0 Å². The number of nitrogens with one attached hydrogen (secondary N) is 2. The predicted molar refractivity (Wildman–Crippen MR) is 90.4 cm³/mol. The SMILES string of the molecule is CC(C)(C)OC(=O)NCCCCC(NC(=O)OC(C)(C)C)C(N)=O. The zero-order valence-electron chi connectivity index (χ0n) is 15.5. The van der Waals surface area contributed by atoms with Crippen molar-refractivity contribution in [3.63, 3.8) is 0 Å². The molecular weight excluding hydrogens is 314 g/mol. The molecule has 8 nitrogen and oxygen atoms in total. The van der Waals surface area contributed by atoms with Crippen LogP contribution in [-0.2, 0) is 14.3 Å². The zero-order valence-corrected chi connectivity index (χ0v) is 15.5. The Hall–Kier alpha value is -1.99. The van der Waals surface area contributed by atoms with Crippen LogP contribution in [0, 0.1) is 0 Å². The van der Waals surface area contributed by atoms with Crippen molar-refractivity contribution < 1.29 is 23.9 Å². The molecule has 4 N–H and O–H groups in total. The molecule has 3 amide bonds. The van der Waals surface area contributed by atoms with Crippen molar-refractivity contribution >= 4 is 18.1 Å². The molecule has 0 aromatic rings. The van der Waals surface area contributed by atoms with Crippen molar-refractivity contribution in [2.24, 2.45) is 5.73 Å². The van der Waals surface area contributed by atoms with Gasteiger partial charge in [0.05, 0.1) is 0 Å². The number of primary amides is 1. The highest BCUT2D eigenvalue weighted by Crippen LogP contribution is 2.09. The first-order valence-electron chi connectivity index (χ1n) is 8.06. The van der Waals surface area contributed by atoms with Crippen LogP contribution in [0.2, 0.25) is 0 Å². The van der Waals surface area contributed by atoms with Gasteiger partial charge in [-0.15, -0.1) is 0 Å². The number of nitrogens with two attached hydrogens (primary N) is 1. The molecule has 0 aromatic heterocycles. The van der Waals surface area contributed by atoms with Gasteiger partial charge in [-0.25, -0.2) is 9.59 Å². The Kier molecular flexibility index (Phi) is 8.57. The quantitative estimate of drug-likeness (QED) is 0.610. The van der Waals surface area contributed by atoms with Crippen LogP contribution < -0.4 is 16.4 Å². The Morgan fingerprint density at radius 1 is 0.917 bits per heavy atom. The molecule has 0 bridgehead atoms. The van der Waals surface area contributed by atoms with Gasteiger partial charge in [-0.2, -0.15) is 0 Å². The van der Waals surface area contributed by atoms with Crippen LogP contribution in [0.3, 0.4) is 0 Å². The lowest BCUT2D eigenvalue weighted by Gasteiger charge is -2.22. The number of rotatable bonds is 7. The van der Waals surface area contributed by atoms with Crippen molar-refractivity contribution in [1.82, 2.24) is 10.6 Å². The lowest BCUT2D eigenvalue weighted by atomic mass is 10.1. The second kappa shape index (κ2) is 9.34. The Labute approximate surface area is 143 Å². The second-order valence-electron chi connectivity index (χ2n) is 7.53. The number of amides is 3. The third-order valence-corrected chi connectivity index (χ3v) is 2.62. The molecule has 0 aromatic carbocycles. The Morgan fingerprint density at radius 2 is 1.42 bits per heavy atom. The molecule has 1 unspecified atom stereocenters. The molecule has 0 heterocycles. The van der Waals surface area contributed by atoms with Crippen molar-refractivity contribution in [3.05, 3.63) is 0 Å². The van der Waals surface area contributed by atoms with Crippen molar-refractivity contribution in [2.45, 2.75) is 78.0 Å². The Bertz CT molecular complexity index is 438. The summed E-state index contributed by atoms with van der Waals surface area (Å²) in [5.74, 6) is -0.624. The number of alkyl carbamates (subject to hydrolysis) is 2. The van der Waals surface area contributed by atoms with Gasteiger partial charge >= 0.3 is 12.2 Å². The molecule has 140 valence electrons. The summed E-state index contributed by atoms with van der Waals surface area (Å²) in [7, 11) is 0. The first-order chi connectivity index (χ1) is 10.8. The summed E-state index contributed by atoms with van der Waals surface area (Å²) in [6.45, 7) is 11.0. The summed E-state index contributed by atoms with van der Waals surface area (Å²) in [6, 6.07) is -0.804. The molecule has 0 aliphatic heterocycles. The highest BCUT2D eigenvalue weighted by Gasteiger charge is 2.22. The van der Waals surface area contributed by atoms with E-state index < -0.39 is 35.3 Å². The van der Waals surface area contributed by atoms with E-state index in [-0.39, 0.29) is 0 Å². The molecule has 0 rings (SSSR count). The number of hydrogen-bond acceptors (Lipinski definition) is 5. The lowest BCUT2D eigenvalue weighted by molar-refractivity contribution is -0.120. The summed E-state index contributed by atoms with van der Waals surface area (Å²) >= 11 is 0. The van der Waals surface area contributed by atoms with Crippen molar-refractivity contribution in [3.8, 4) is 0 Å². The molecule has 0 radical (unpaired) electrons. The maximum Gasteiger partial charge on any atom is 0.408 e. The minimum absolute atomic E-state index is 0.366. The number of hydrogen-bond donors (Lipinski definition) is 3. The van der Waals surface area contributed by atoms with Crippen LogP contribution in [0.4, 0.5) is 9.59 Å². The maximum absolute atomic E-state index is 11.7. The normalized spacial score (nSPS) is 12.9. The van der Waals surface area contributed by atoms with Gasteiger partial charge in [0.15, 0.2) is 0 Å². The van der Waals surface area contributed by atoms with Gasteiger partial charge in [-0.05, 0) is 60.8 Å². The van der Waals surface area contributed by atoms with Crippen LogP contribution in [0.5, 0.6) is 0 Å². The van der Waals surface area contributed by atoms with E-state index in [2.05, 4.69) is 10.6 Å². The summed E-state index contributed by atoms with van der Waals surface area (Å²) in [4.78, 5) is 34.5. The van der Waals surface area contributed by atoms with E-state index >= 15 is 0 Å². The standard InChI is InChI=1S/C16H31N3O5/c1-15(2,3)23-13(21)18-10-8-7-9-11(12(17)20)19-14(22)24-16(4,5)6/h11H,7-10H2,1-6H3,(H2,17,20)(H,18,21)(H,19,22). The molecule has 0 aliphatic carbocycles. The van der Waals surface area contributed by atoms with Gasteiger partial charge in [-0.3, -0.25) is 4.79 Å². The monoisotopic (exact) mass is 345 g/mol. The fourth-order valence-corrected chi connectivity index (χ4v) is 1.71. The fourth-order valence-electron chi connectivity index (χ4n) is 1.71. The molecule has 0 saturated carbocycles. The van der Waals surface area contributed by atoms with E-state index in [4.69, 9.17) is 15.2 Å². The maximum atomic E-state index is 11.7. The second-order valence-corrected chi connectivity index (χ2v) is 7.53. The van der Waals surface area contributed by atoms with Gasteiger partial charge < -0.3 is 25.8 Å². The van der Waals surface area contributed by atoms with Gasteiger partial charge in [0, 0.05) is 6.54 Å². The number of carbonyl (C=O) groups is 3. The summed E-state index contributed by atoms with van der Waals surface area (Å²) < 4.78 is 10.2. The van der Waals surface area contributed by atoms with E-state index in [1.807, 2.05) is 0 Å². The Morgan fingerprint density at radius 3 is 1.88 bits per heavy atom. The summed E-state index contributed by atoms with van der Waals surface area (Å²) in [5.41, 5.74) is 4.09. The molecule has 0 aliphatic rings. The third kappa shape index (κ3) is 12.5. The molecule has 8 heteroatoms. The van der Waals surface area contributed by atoms with Gasteiger partial charge in [0.2, 0.25) is 5.91 Å². The smallest absolute Gasteiger partial charge is 0.408 e. The summed E-state index contributed by atoms with van der Waals surface area (Å²) in [6.07, 6.45) is 0.419. The predicted octanol–water partition coefficient (Wildman–Crippen LogP) is 2.06. The minimum atomic E-state index is -0.804. The average Bonchev–Trinajstić information content (AvgIpc) is 2.32. The average molecular weight is 345 g/mol. The minimum Gasteiger partial charge on any atom is -0.444 e. The van der Waals surface area contributed by atoms with E-state index in [0.29, 0.717) is 25.8 Å². The summed E-state index contributed by atoms with van der Waals surface area (Å²) in [5, 5.41) is 5.08. The molecule has 0 fully saturated rings. The van der Waals surface area contributed by atoms with Crippen LogP contribution in [-0.4, -0.2) is 41.9 Å². The molecule has 1 atom stereocenters. The number of unbranched alkanes of at least 4 members (excludes halogenated alkanes) is 1. The van der Waals surface area contributed by atoms with E-state index in [1.54, 1.807) is 41.5 Å². The van der Waals surface area contributed by atoms with Gasteiger partial charge in [0.1, 0.15) is 17.2 Å². The van der Waals surface area contributed by atoms with Crippen LogP contribution in [0.15, 0.2) is 0 Å². The van der Waals surface area contributed by atoms with Crippen molar-refractivity contribution in [2.75, 3.05) is 6.54 Å². The molecular formula is C16H31N3O5. The highest BCUT2D eigenvalue weighted by molar-refractivity contribution is 5.84. The van der Waals surface area contributed by atoms with Gasteiger partial charge in [0.25, 0.3) is 0 Å². The topological polar surface area (TPSA) is 120 Å². The van der Waals surface area contributed by atoms with Crippen LogP contribution >= 0.6 is 0 Å². The lowest BCUT2D eigenvalue weighted by Crippen LogP contribution is -2.46. The zero-order chi connectivity index (χ0) is 19.0. The van der Waals surface area contributed by atoms with Crippen LogP contribution in [0.25, 0.3) is 0 Å². The number of carbonyl (C=O) groups excluding carboxylic acids is 3. The molecule has 0 spiro atoms. The fraction of sp³-hybridized carbons (Fsp3) is 0.812. The Balaban J connectivity index is 4.09. The first-order valence-corrected chi connectivity index (χ1v) is 8.06. The van der Waals surface area contributed by atoms with Crippen molar-refractivity contribution in [1.29, 1.82) is 0 Å². The third-order valence-electron chi connectivity index (χ3n) is 2.62.